The van der Waals surface area contributed by atoms with Crippen molar-refractivity contribution in [2.24, 2.45) is 0 Å². The molecule has 9 heteroatoms. The van der Waals surface area contributed by atoms with Crippen molar-refractivity contribution >= 4 is 54.2 Å². The third kappa shape index (κ3) is 5.62. The van der Waals surface area contributed by atoms with Gasteiger partial charge in [0.2, 0.25) is 10.0 Å². The average Bonchev–Trinajstić information content (AvgIpc) is 3.30. The van der Waals surface area contributed by atoms with Gasteiger partial charge in [-0.2, -0.15) is 0 Å². The minimum absolute atomic E-state index is 0.164. The fraction of sp³-hybridized carbons (Fsp3) is 0.259. The summed E-state index contributed by atoms with van der Waals surface area (Å²) in [4.78, 5) is 20.3. The Morgan fingerprint density at radius 1 is 1.06 bits per heavy atom. The average molecular weight is 542 g/mol. The van der Waals surface area contributed by atoms with E-state index in [0.717, 1.165) is 34.2 Å². The summed E-state index contributed by atoms with van der Waals surface area (Å²) in [5.41, 5.74) is 3.09. The predicted octanol–water partition coefficient (Wildman–Crippen LogP) is 6.53. The van der Waals surface area contributed by atoms with Crippen LogP contribution in [0.1, 0.15) is 41.3 Å². The van der Waals surface area contributed by atoms with Crippen LogP contribution in [-0.2, 0) is 16.6 Å². The molecule has 4 rings (SSSR count). The molecule has 1 heterocycles. The number of unbranched alkanes of at least 4 members (excludes halogenated alkanes) is 1. The Hall–Kier alpha value is -2.78. The van der Waals surface area contributed by atoms with Gasteiger partial charge in [-0.3, -0.25) is 9.69 Å². The summed E-state index contributed by atoms with van der Waals surface area (Å²) in [5.74, 6) is -0.259. The zero-order chi connectivity index (χ0) is 25.9. The van der Waals surface area contributed by atoms with Gasteiger partial charge in [0.25, 0.3) is 5.91 Å². The molecule has 0 unspecified atom stereocenters. The number of thiazole rings is 1. The molecule has 0 atom stereocenters. The van der Waals surface area contributed by atoms with E-state index >= 15 is 0 Å². The highest BCUT2D eigenvalue weighted by Gasteiger charge is 2.24. The molecule has 0 aliphatic rings. The molecule has 1 aromatic heterocycles. The van der Waals surface area contributed by atoms with E-state index in [4.69, 9.17) is 16.6 Å². The lowest BCUT2D eigenvalue weighted by molar-refractivity contribution is 0.0985. The highest BCUT2D eigenvalue weighted by molar-refractivity contribution is 7.89. The van der Waals surface area contributed by atoms with Crippen LogP contribution in [0.4, 0.5) is 5.13 Å². The maximum atomic E-state index is 13.7. The lowest BCUT2D eigenvalue weighted by atomic mass is 10.1. The smallest absolute Gasteiger partial charge is 0.260 e. The van der Waals surface area contributed by atoms with Gasteiger partial charge >= 0.3 is 0 Å². The second kappa shape index (κ2) is 11.1. The number of carbonyl (C=O) groups is 1. The molecule has 0 aliphatic heterocycles. The third-order valence-electron chi connectivity index (χ3n) is 5.93. The molecule has 0 N–H and O–H groups in total. The second-order valence-electron chi connectivity index (χ2n) is 8.65. The normalized spacial score (nSPS) is 11.8. The number of carbonyl (C=O) groups excluding carboxylic acids is 1. The number of nitrogens with zero attached hydrogens (tertiary/aromatic N) is 3. The minimum Gasteiger partial charge on any atom is -0.279 e. The number of amides is 1. The van der Waals surface area contributed by atoms with Gasteiger partial charge in [-0.1, -0.05) is 66.6 Å². The number of hydrogen-bond donors (Lipinski definition) is 0. The Morgan fingerprint density at radius 3 is 2.42 bits per heavy atom. The predicted molar refractivity (Wildman–Crippen MR) is 147 cm³/mol. The summed E-state index contributed by atoms with van der Waals surface area (Å²) in [7, 11) is -2.04. The van der Waals surface area contributed by atoms with E-state index in [2.05, 4.69) is 0 Å². The van der Waals surface area contributed by atoms with E-state index < -0.39 is 10.0 Å². The van der Waals surface area contributed by atoms with Gasteiger partial charge in [-0.25, -0.2) is 17.7 Å². The standard InChI is InChI=1S/C27H28ClN3O3S2/c1-4-5-15-30(3)36(33,34)23-13-11-21(12-14-23)26(32)31(18-20-9-7-6-8-10-20)27-29-25-19(2)16-22(28)17-24(25)35-27/h6-14,16-17H,4-5,15,18H2,1-3H3. The Morgan fingerprint density at radius 2 is 1.75 bits per heavy atom. The number of aromatic nitrogens is 1. The molecule has 0 bridgehead atoms. The lowest BCUT2D eigenvalue weighted by Gasteiger charge is -2.21. The van der Waals surface area contributed by atoms with Gasteiger partial charge in [0.15, 0.2) is 5.13 Å². The first-order valence-corrected chi connectivity index (χ1v) is 14.3. The summed E-state index contributed by atoms with van der Waals surface area (Å²) in [6.45, 7) is 4.73. The van der Waals surface area contributed by atoms with Crippen LogP contribution in [-0.4, -0.2) is 37.2 Å². The molecule has 0 aliphatic carbocycles. The first-order chi connectivity index (χ1) is 17.2. The van der Waals surface area contributed by atoms with Crippen molar-refractivity contribution in [3.05, 3.63) is 88.4 Å². The Balaban J connectivity index is 1.68. The van der Waals surface area contributed by atoms with Gasteiger partial charge < -0.3 is 0 Å². The summed E-state index contributed by atoms with van der Waals surface area (Å²) in [6, 6.07) is 19.5. The highest BCUT2D eigenvalue weighted by Crippen LogP contribution is 2.34. The first kappa shape index (κ1) is 26.3. The number of sulfonamides is 1. The van der Waals surface area contributed by atoms with Crippen LogP contribution in [0.25, 0.3) is 10.2 Å². The van der Waals surface area contributed by atoms with Crippen LogP contribution in [0.5, 0.6) is 0 Å². The number of anilines is 1. The monoisotopic (exact) mass is 541 g/mol. The van der Waals surface area contributed by atoms with E-state index in [1.807, 2.05) is 56.3 Å². The highest BCUT2D eigenvalue weighted by atomic mass is 35.5. The van der Waals surface area contributed by atoms with Crippen LogP contribution < -0.4 is 4.90 Å². The molecular formula is C27H28ClN3O3S2. The molecule has 36 heavy (non-hydrogen) atoms. The fourth-order valence-electron chi connectivity index (χ4n) is 3.86. The van der Waals surface area contributed by atoms with Gasteiger partial charge in [0.05, 0.1) is 21.7 Å². The molecule has 0 saturated carbocycles. The molecule has 0 radical (unpaired) electrons. The lowest BCUT2D eigenvalue weighted by Crippen LogP contribution is -2.30. The molecule has 4 aromatic rings. The Labute approximate surface area is 221 Å². The minimum atomic E-state index is -3.62. The number of rotatable bonds is 9. The Bertz CT molecular complexity index is 1470. The third-order valence-corrected chi connectivity index (χ3v) is 9.05. The van der Waals surface area contributed by atoms with Crippen LogP contribution in [0.2, 0.25) is 5.02 Å². The van der Waals surface area contributed by atoms with Crippen molar-refractivity contribution in [1.82, 2.24) is 9.29 Å². The zero-order valence-electron chi connectivity index (χ0n) is 20.4. The number of halogens is 1. The topological polar surface area (TPSA) is 70.6 Å². The van der Waals surface area contributed by atoms with E-state index in [9.17, 15) is 13.2 Å². The van der Waals surface area contributed by atoms with Gasteiger partial charge in [-0.05, 0) is 60.9 Å². The van der Waals surface area contributed by atoms with Crippen molar-refractivity contribution in [1.29, 1.82) is 0 Å². The van der Waals surface area contributed by atoms with Crippen molar-refractivity contribution in [2.75, 3.05) is 18.5 Å². The van der Waals surface area contributed by atoms with E-state index in [1.54, 1.807) is 24.1 Å². The van der Waals surface area contributed by atoms with E-state index in [1.165, 1.54) is 27.8 Å². The summed E-state index contributed by atoms with van der Waals surface area (Å²) < 4.78 is 28.0. The zero-order valence-corrected chi connectivity index (χ0v) is 22.8. The van der Waals surface area contributed by atoms with E-state index in [0.29, 0.717) is 28.8 Å². The van der Waals surface area contributed by atoms with Crippen LogP contribution in [0.15, 0.2) is 71.6 Å². The van der Waals surface area contributed by atoms with E-state index in [-0.39, 0.29) is 10.8 Å². The molecule has 3 aromatic carbocycles. The first-order valence-electron chi connectivity index (χ1n) is 11.7. The fourth-order valence-corrected chi connectivity index (χ4v) is 6.48. The largest absolute Gasteiger partial charge is 0.279 e. The number of fused-ring (bicyclic) bond motifs is 1. The maximum Gasteiger partial charge on any atom is 0.260 e. The van der Waals surface area contributed by atoms with Gasteiger partial charge in [0, 0.05) is 24.2 Å². The van der Waals surface area contributed by atoms with Crippen LogP contribution in [0.3, 0.4) is 0 Å². The summed E-state index contributed by atoms with van der Waals surface area (Å²) in [6.07, 6.45) is 1.69. The molecule has 0 saturated heterocycles. The molecule has 0 fully saturated rings. The maximum absolute atomic E-state index is 13.7. The quantitative estimate of drug-likeness (QED) is 0.242. The van der Waals surface area contributed by atoms with Crippen molar-refractivity contribution in [3.8, 4) is 0 Å². The van der Waals surface area contributed by atoms with Crippen molar-refractivity contribution in [3.63, 3.8) is 0 Å². The van der Waals surface area contributed by atoms with Crippen molar-refractivity contribution in [2.45, 2.75) is 38.1 Å². The number of aryl methyl sites for hydroxylation is 1. The second-order valence-corrected chi connectivity index (χ2v) is 12.1. The van der Waals surface area contributed by atoms with Gasteiger partial charge in [-0.15, -0.1) is 0 Å². The van der Waals surface area contributed by atoms with Crippen molar-refractivity contribution < 1.29 is 13.2 Å². The molecule has 1 amide bonds. The molecular weight excluding hydrogens is 514 g/mol. The van der Waals surface area contributed by atoms with Crippen LogP contribution >= 0.6 is 22.9 Å². The molecule has 0 spiro atoms. The molecule has 6 nitrogen and oxygen atoms in total. The summed E-state index contributed by atoms with van der Waals surface area (Å²) in [5, 5.41) is 1.18. The summed E-state index contributed by atoms with van der Waals surface area (Å²) >= 11 is 7.65. The van der Waals surface area contributed by atoms with Crippen LogP contribution in [0, 0.1) is 6.92 Å². The number of hydrogen-bond acceptors (Lipinski definition) is 5. The Kier molecular flexibility index (Phi) is 8.10. The SMILES string of the molecule is CCCCN(C)S(=O)(=O)c1ccc(C(=O)N(Cc2ccccc2)c2nc3c(C)cc(Cl)cc3s2)cc1. The molecule has 188 valence electrons. The number of benzene rings is 3. The van der Waals surface area contributed by atoms with Gasteiger partial charge in [0.1, 0.15) is 0 Å².